The molecule has 7 heteroatoms. The van der Waals surface area contributed by atoms with Gasteiger partial charge in [0.15, 0.2) is 4.77 Å². The van der Waals surface area contributed by atoms with Gasteiger partial charge < -0.3 is 4.98 Å². The molecule has 0 atom stereocenters. The third-order valence-corrected chi connectivity index (χ3v) is 3.76. The Hall–Kier alpha value is -1.43. The fourth-order valence-corrected chi connectivity index (χ4v) is 2.73. The number of nitrogens with zero attached hydrogens (tertiary/aromatic N) is 1. The lowest BCUT2D eigenvalue weighted by atomic mass is 10.2. The molecule has 2 nitrogen and oxygen atoms in total. The minimum atomic E-state index is -0.581. The van der Waals surface area contributed by atoms with Gasteiger partial charge in [0.2, 0.25) is 0 Å². The average Bonchev–Trinajstić information content (AvgIpc) is 2.67. The van der Waals surface area contributed by atoms with Gasteiger partial charge in [0.1, 0.15) is 17.3 Å². The van der Waals surface area contributed by atoms with Crippen LogP contribution in [0.15, 0.2) is 30.3 Å². The van der Waals surface area contributed by atoms with Gasteiger partial charge in [0.25, 0.3) is 0 Å². The van der Waals surface area contributed by atoms with Gasteiger partial charge in [0, 0.05) is 6.07 Å². The standard InChI is InChI=1S/C13H6Cl2F2N2S/c14-6-2-1-3-8(16)12(6)19-11-4-7(15)9(17)5-10(11)18-13(19)20/h1-5H,(H,18,20). The number of aromatic amines is 1. The lowest BCUT2D eigenvalue weighted by Crippen LogP contribution is -1.99. The third-order valence-electron chi connectivity index (χ3n) is 2.89. The Morgan fingerprint density at radius 3 is 2.50 bits per heavy atom. The van der Waals surface area contributed by atoms with Gasteiger partial charge in [-0.2, -0.15) is 0 Å². The summed E-state index contributed by atoms with van der Waals surface area (Å²) < 4.78 is 29.1. The predicted octanol–water partition coefficient (Wildman–Crippen LogP) is 5.27. The summed E-state index contributed by atoms with van der Waals surface area (Å²) in [5.74, 6) is -1.11. The Morgan fingerprint density at radius 2 is 1.80 bits per heavy atom. The number of hydrogen-bond donors (Lipinski definition) is 1. The Labute approximate surface area is 127 Å². The average molecular weight is 331 g/mol. The largest absolute Gasteiger partial charge is 0.330 e. The van der Waals surface area contributed by atoms with Crippen LogP contribution in [0, 0.1) is 16.4 Å². The lowest BCUT2D eigenvalue weighted by molar-refractivity contribution is 0.619. The summed E-state index contributed by atoms with van der Waals surface area (Å²) >= 11 is 17.0. The molecule has 0 aliphatic rings. The zero-order valence-electron chi connectivity index (χ0n) is 9.75. The quantitative estimate of drug-likeness (QED) is 0.602. The van der Waals surface area contributed by atoms with Crippen LogP contribution in [0.5, 0.6) is 0 Å². The summed E-state index contributed by atoms with van der Waals surface area (Å²) in [7, 11) is 0. The van der Waals surface area contributed by atoms with Gasteiger partial charge in [0.05, 0.1) is 21.1 Å². The molecule has 3 aromatic rings. The zero-order valence-corrected chi connectivity index (χ0v) is 12.1. The molecule has 0 amide bonds. The maximum Gasteiger partial charge on any atom is 0.182 e. The second-order valence-corrected chi connectivity index (χ2v) is 5.32. The van der Waals surface area contributed by atoms with Gasteiger partial charge in [-0.15, -0.1) is 0 Å². The molecule has 0 aliphatic heterocycles. The van der Waals surface area contributed by atoms with E-state index >= 15 is 0 Å². The molecule has 1 N–H and O–H groups in total. The Bertz CT molecular complexity index is 866. The van der Waals surface area contributed by atoms with Crippen LogP contribution in [-0.2, 0) is 0 Å². The van der Waals surface area contributed by atoms with Crippen LogP contribution in [0.2, 0.25) is 10.0 Å². The number of para-hydroxylation sites is 1. The lowest BCUT2D eigenvalue weighted by Gasteiger charge is -2.08. The summed E-state index contributed by atoms with van der Waals surface area (Å²) in [6.07, 6.45) is 0. The van der Waals surface area contributed by atoms with Crippen LogP contribution in [0.1, 0.15) is 0 Å². The van der Waals surface area contributed by atoms with Crippen molar-refractivity contribution in [3.63, 3.8) is 0 Å². The molecule has 2 aromatic carbocycles. The molecule has 0 unspecified atom stereocenters. The normalized spacial score (nSPS) is 11.2. The monoisotopic (exact) mass is 330 g/mol. The van der Waals surface area contributed by atoms with E-state index in [0.29, 0.717) is 11.0 Å². The van der Waals surface area contributed by atoms with E-state index in [1.807, 2.05) is 0 Å². The van der Waals surface area contributed by atoms with E-state index in [4.69, 9.17) is 35.4 Å². The van der Waals surface area contributed by atoms with E-state index in [-0.39, 0.29) is 20.5 Å². The van der Waals surface area contributed by atoms with E-state index in [1.165, 1.54) is 28.8 Å². The van der Waals surface area contributed by atoms with Crippen molar-refractivity contribution in [3.8, 4) is 5.69 Å². The highest BCUT2D eigenvalue weighted by atomic mass is 35.5. The van der Waals surface area contributed by atoms with E-state index in [0.717, 1.165) is 0 Å². The Kier molecular flexibility index (Phi) is 3.28. The number of aromatic nitrogens is 2. The van der Waals surface area contributed by atoms with Crippen molar-refractivity contribution in [1.29, 1.82) is 0 Å². The summed E-state index contributed by atoms with van der Waals surface area (Å²) in [6.45, 7) is 0. The van der Waals surface area contributed by atoms with E-state index < -0.39 is 11.6 Å². The van der Waals surface area contributed by atoms with Crippen LogP contribution in [0.4, 0.5) is 8.78 Å². The molecular weight excluding hydrogens is 325 g/mol. The Morgan fingerprint density at radius 1 is 1.05 bits per heavy atom. The first-order valence-corrected chi connectivity index (χ1v) is 6.69. The Balaban J connectivity index is 2.46. The smallest absolute Gasteiger partial charge is 0.182 e. The number of rotatable bonds is 1. The SMILES string of the molecule is Fc1cc2[nH]c(=S)n(-c3c(F)cccc3Cl)c2cc1Cl. The van der Waals surface area contributed by atoms with Crippen molar-refractivity contribution in [1.82, 2.24) is 9.55 Å². The van der Waals surface area contributed by atoms with Crippen LogP contribution < -0.4 is 0 Å². The molecular formula is C13H6Cl2F2N2S. The molecule has 0 aliphatic carbocycles. The number of H-pyrrole nitrogens is 1. The summed E-state index contributed by atoms with van der Waals surface area (Å²) in [5.41, 5.74) is 0.970. The number of hydrogen-bond acceptors (Lipinski definition) is 1. The second kappa shape index (κ2) is 4.84. The topological polar surface area (TPSA) is 20.7 Å². The first kappa shape index (κ1) is 13.5. The minimum Gasteiger partial charge on any atom is -0.330 e. The third kappa shape index (κ3) is 2.02. The molecule has 0 saturated carbocycles. The van der Waals surface area contributed by atoms with Crippen LogP contribution >= 0.6 is 35.4 Å². The highest BCUT2D eigenvalue weighted by molar-refractivity contribution is 7.71. The van der Waals surface area contributed by atoms with Gasteiger partial charge in [-0.25, -0.2) is 8.78 Å². The van der Waals surface area contributed by atoms with Crippen molar-refractivity contribution in [3.05, 3.63) is 56.8 Å². The molecule has 0 radical (unpaired) electrons. The molecule has 0 spiro atoms. The second-order valence-electron chi connectivity index (χ2n) is 4.12. The van der Waals surface area contributed by atoms with Crippen LogP contribution in [0.3, 0.4) is 0 Å². The molecule has 102 valence electrons. The first-order chi connectivity index (χ1) is 9.49. The molecule has 0 fully saturated rings. The van der Waals surface area contributed by atoms with Gasteiger partial charge >= 0.3 is 0 Å². The van der Waals surface area contributed by atoms with Crippen molar-refractivity contribution < 1.29 is 8.78 Å². The molecule has 1 aromatic heterocycles. The zero-order chi connectivity index (χ0) is 14.4. The van der Waals surface area contributed by atoms with Crippen LogP contribution in [0.25, 0.3) is 16.7 Å². The highest BCUT2D eigenvalue weighted by Gasteiger charge is 2.15. The summed E-state index contributed by atoms with van der Waals surface area (Å²) in [6, 6.07) is 6.89. The van der Waals surface area contributed by atoms with Gasteiger partial charge in [-0.1, -0.05) is 29.3 Å². The predicted molar refractivity (Wildman–Crippen MR) is 78.4 cm³/mol. The highest BCUT2D eigenvalue weighted by Crippen LogP contribution is 2.30. The number of nitrogens with one attached hydrogen (secondary N) is 1. The van der Waals surface area contributed by atoms with Crippen LogP contribution in [-0.4, -0.2) is 9.55 Å². The van der Waals surface area contributed by atoms with Crippen molar-refractivity contribution in [2.45, 2.75) is 0 Å². The van der Waals surface area contributed by atoms with Gasteiger partial charge in [-0.05, 0) is 30.4 Å². The molecule has 0 bridgehead atoms. The maximum atomic E-state index is 14.0. The molecule has 3 rings (SSSR count). The van der Waals surface area contributed by atoms with E-state index in [9.17, 15) is 8.78 Å². The van der Waals surface area contributed by atoms with E-state index in [1.54, 1.807) is 6.07 Å². The first-order valence-electron chi connectivity index (χ1n) is 5.53. The maximum absolute atomic E-state index is 14.0. The van der Waals surface area contributed by atoms with E-state index in [2.05, 4.69) is 4.98 Å². The minimum absolute atomic E-state index is 0.0762. The van der Waals surface area contributed by atoms with Crippen molar-refractivity contribution >= 4 is 46.5 Å². The molecule has 20 heavy (non-hydrogen) atoms. The van der Waals surface area contributed by atoms with Crippen molar-refractivity contribution in [2.75, 3.05) is 0 Å². The van der Waals surface area contributed by atoms with Gasteiger partial charge in [-0.3, -0.25) is 4.57 Å². The van der Waals surface area contributed by atoms with Crippen molar-refractivity contribution in [2.24, 2.45) is 0 Å². The summed E-state index contributed by atoms with van der Waals surface area (Å²) in [5, 5.41) is 0.121. The number of imidazole rings is 1. The molecule has 0 saturated heterocycles. The summed E-state index contributed by atoms with van der Waals surface area (Å²) in [4.78, 5) is 2.80. The number of halogens is 4. The number of benzene rings is 2. The fraction of sp³-hybridized carbons (Fsp3) is 0. The number of fused-ring (bicyclic) bond motifs is 1. The fourth-order valence-electron chi connectivity index (χ4n) is 2.03. The molecule has 1 heterocycles.